The number of aromatic nitrogens is 1. The van der Waals surface area contributed by atoms with Crippen LogP contribution in [0.1, 0.15) is 19.4 Å². The zero-order chi connectivity index (χ0) is 16.6. The second kappa shape index (κ2) is 5.59. The molecule has 5 nitrogen and oxygen atoms in total. The van der Waals surface area contributed by atoms with Gasteiger partial charge in [0, 0.05) is 29.9 Å². The number of rotatable bonds is 4. The predicted octanol–water partition coefficient (Wildman–Crippen LogP) is 3.77. The molecular weight excluding hydrogens is 292 g/mol. The van der Waals surface area contributed by atoms with E-state index < -0.39 is 5.60 Å². The molecule has 0 saturated carbocycles. The van der Waals surface area contributed by atoms with E-state index >= 15 is 0 Å². The fraction of sp³-hybridized carbons (Fsp3) is 0.278. The van der Waals surface area contributed by atoms with Crippen molar-refractivity contribution in [2.45, 2.75) is 19.4 Å². The van der Waals surface area contributed by atoms with E-state index in [1.165, 1.54) is 0 Å². The summed E-state index contributed by atoms with van der Waals surface area (Å²) in [7, 11) is 3.46. The van der Waals surface area contributed by atoms with Crippen molar-refractivity contribution in [3.63, 3.8) is 0 Å². The molecule has 23 heavy (non-hydrogen) atoms. The Morgan fingerprint density at radius 3 is 2.43 bits per heavy atom. The van der Waals surface area contributed by atoms with Crippen LogP contribution in [0.2, 0.25) is 0 Å². The van der Waals surface area contributed by atoms with Crippen molar-refractivity contribution in [1.29, 1.82) is 0 Å². The summed E-state index contributed by atoms with van der Waals surface area (Å²) in [4.78, 5) is 4.54. The van der Waals surface area contributed by atoms with Gasteiger partial charge in [0.05, 0.1) is 12.7 Å². The maximum atomic E-state index is 10.4. The van der Waals surface area contributed by atoms with Gasteiger partial charge in [-0.25, -0.2) is 4.98 Å². The highest BCUT2D eigenvalue weighted by atomic mass is 16.5. The third kappa shape index (κ3) is 2.87. The maximum Gasteiger partial charge on any atom is 0.227 e. The second-order valence-electron chi connectivity index (χ2n) is 5.93. The number of benzene rings is 2. The van der Waals surface area contributed by atoms with Crippen molar-refractivity contribution >= 4 is 16.8 Å². The third-order valence-electron chi connectivity index (χ3n) is 3.78. The number of fused-ring (bicyclic) bond motifs is 1. The first-order chi connectivity index (χ1) is 10.9. The number of hydrogen-bond acceptors (Lipinski definition) is 5. The SMILES string of the molecule is CNc1ccc(-c2nc3cc(OC)cc(C(C)(C)O)c3o2)cc1. The van der Waals surface area contributed by atoms with Gasteiger partial charge in [0.25, 0.3) is 0 Å². The fourth-order valence-corrected chi connectivity index (χ4v) is 2.48. The van der Waals surface area contributed by atoms with Gasteiger partial charge >= 0.3 is 0 Å². The van der Waals surface area contributed by atoms with E-state index in [4.69, 9.17) is 9.15 Å². The molecule has 0 bridgehead atoms. The Bertz CT molecular complexity index is 830. The van der Waals surface area contributed by atoms with Crippen LogP contribution in [0.5, 0.6) is 5.75 Å². The summed E-state index contributed by atoms with van der Waals surface area (Å²) >= 11 is 0. The van der Waals surface area contributed by atoms with Crippen LogP contribution in [-0.4, -0.2) is 24.2 Å². The van der Waals surface area contributed by atoms with Gasteiger partial charge in [0.15, 0.2) is 5.58 Å². The molecule has 0 radical (unpaired) electrons. The van der Waals surface area contributed by atoms with Gasteiger partial charge in [-0.15, -0.1) is 0 Å². The number of anilines is 1. The molecule has 3 rings (SSSR count). The normalized spacial score (nSPS) is 11.7. The Labute approximate surface area is 134 Å². The molecule has 0 spiro atoms. The Balaban J connectivity index is 2.17. The lowest BCUT2D eigenvalue weighted by Gasteiger charge is -2.18. The van der Waals surface area contributed by atoms with E-state index in [0.29, 0.717) is 28.3 Å². The molecule has 5 heteroatoms. The minimum Gasteiger partial charge on any atom is -0.497 e. The Hall–Kier alpha value is -2.53. The van der Waals surface area contributed by atoms with E-state index in [2.05, 4.69) is 10.3 Å². The van der Waals surface area contributed by atoms with Crippen LogP contribution < -0.4 is 10.1 Å². The molecule has 0 fully saturated rings. The monoisotopic (exact) mass is 312 g/mol. The zero-order valence-corrected chi connectivity index (χ0v) is 13.7. The molecule has 0 aliphatic rings. The first-order valence-corrected chi connectivity index (χ1v) is 7.42. The lowest BCUT2D eigenvalue weighted by Crippen LogP contribution is -2.15. The fourth-order valence-electron chi connectivity index (χ4n) is 2.48. The van der Waals surface area contributed by atoms with Gasteiger partial charge in [-0.05, 0) is 44.2 Å². The van der Waals surface area contributed by atoms with Crippen LogP contribution >= 0.6 is 0 Å². The minimum absolute atomic E-state index is 0.515. The van der Waals surface area contributed by atoms with Crippen LogP contribution in [0.25, 0.3) is 22.6 Å². The van der Waals surface area contributed by atoms with E-state index in [-0.39, 0.29) is 0 Å². The average molecular weight is 312 g/mol. The number of hydrogen-bond donors (Lipinski definition) is 2. The quantitative estimate of drug-likeness (QED) is 0.767. The van der Waals surface area contributed by atoms with Gasteiger partial charge in [-0.3, -0.25) is 0 Å². The molecule has 0 aliphatic heterocycles. The standard InChI is InChI=1S/C18H20N2O3/c1-18(2,21)14-9-13(22-4)10-15-16(14)23-17(20-15)11-5-7-12(19-3)8-6-11/h5-10,19,21H,1-4H3. The maximum absolute atomic E-state index is 10.4. The molecule has 0 atom stereocenters. The molecular formula is C18H20N2O3. The number of nitrogens with zero attached hydrogens (tertiary/aromatic N) is 1. The van der Waals surface area contributed by atoms with E-state index in [9.17, 15) is 5.11 Å². The molecule has 0 amide bonds. The Morgan fingerprint density at radius 1 is 1.17 bits per heavy atom. The molecule has 3 aromatic rings. The van der Waals surface area contributed by atoms with Crippen LogP contribution in [0.3, 0.4) is 0 Å². The van der Waals surface area contributed by atoms with Crippen LogP contribution in [-0.2, 0) is 5.60 Å². The number of aliphatic hydroxyl groups is 1. The second-order valence-corrected chi connectivity index (χ2v) is 5.93. The molecule has 1 aromatic heterocycles. The highest BCUT2D eigenvalue weighted by molar-refractivity contribution is 5.82. The van der Waals surface area contributed by atoms with Gasteiger partial charge < -0.3 is 19.6 Å². The number of ether oxygens (including phenoxy) is 1. The summed E-state index contributed by atoms with van der Waals surface area (Å²) in [6, 6.07) is 11.4. The molecule has 2 N–H and O–H groups in total. The largest absolute Gasteiger partial charge is 0.497 e. The lowest BCUT2D eigenvalue weighted by atomic mass is 9.97. The highest BCUT2D eigenvalue weighted by Gasteiger charge is 2.24. The van der Waals surface area contributed by atoms with Gasteiger partial charge in [0.2, 0.25) is 5.89 Å². The Morgan fingerprint density at radius 2 is 1.87 bits per heavy atom. The van der Waals surface area contributed by atoms with Crippen molar-refractivity contribution in [1.82, 2.24) is 4.98 Å². The van der Waals surface area contributed by atoms with Crippen molar-refractivity contribution < 1.29 is 14.3 Å². The summed E-state index contributed by atoms with van der Waals surface area (Å²) < 4.78 is 11.2. The van der Waals surface area contributed by atoms with Crippen LogP contribution in [0, 0.1) is 0 Å². The first-order valence-electron chi connectivity index (χ1n) is 7.42. The molecule has 0 unspecified atom stereocenters. The topological polar surface area (TPSA) is 67.5 Å². The van der Waals surface area contributed by atoms with Gasteiger partial charge in [-0.2, -0.15) is 0 Å². The van der Waals surface area contributed by atoms with Crippen molar-refractivity contribution in [2.75, 3.05) is 19.5 Å². The average Bonchev–Trinajstić information content (AvgIpc) is 2.96. The highest BCUT2D eigenvalue weighted by Crippen LogP contribution is 2.35. The predicted molar refractivity (Wildman–Crippen MR) is 90.8 cm³/mol. The number of nitrogens with one attached hydrogen (secondary N) is 1. The van der Waals surface area contributed by atoms with Crippen LogP contribution in [0.4, 0.5) is 5.69 Å². The lowest BCUT2D eigenvalue weighted by molar-refractivity contribution is 0.0789. The third-order valence-corrected chi connectivity index (χ3v) is 3.78. The smallest absolute Gasteiger partial charge is 0.227 e. The summed E-state index contributed by atoms with van der Waals surface area (Å²) in [5.74, 6) is 1.15. The Kier molecular flexibility index (Phi) is 3.74. The zero-order valence-electron chi connectivity index (χ0n) is 13.7. The van der Waals surface area contributed by atoms with Crippen molar-refractivity contribution in [2.24, 2.45) is 0 Å². The van der Waals surface area contributed by atoms with E-state index in [1.807, 2.05) is 31.3 Å². The number of oxazole rings is 1. The molecule has 120 valence electrons. The minimum atomic E-state index is -1.06. The molecule has 1 heterocycles. The summed E-state index contributed by atoms with van der Waals surface area (Å²) in [6.45, 7) is 3.43. The van der Waals surface area contributed by atoms with Crippen molar-refractivity contribution in [3.05, 3.63) is 42.0 Å². The first kappa shape index (κ1) is 15.4. The molecule has 0 aliphatic carbocycles. The van der Waals surface area contributed by atoms with Crippen molar-refractivity contribution in [3.8, 4) is 17.2 Å². The summed E-state index contributed by atoms with van der Waals surface area (Å²) in [5.41, 5.74) is 2.72. The number of methoxy groups -OCH3 is 1. The summed E-state index contributed by atoms with van der Waals surface area (Å²) in [6.07, 6.45) is 0. The van der Waals surface area contributed by atoms with Gasteiger partial charge in [-0.1, -0.05) is 0 Å². The summed E-state index contributed by atoms with van der Waals surface area (Å²) in [5, 5.41) is 13.5. The van der Waals surface area contributed by atoms with Gasteiger partial charge in [0.1, 0.15) is 11.3 Å². The van der Waals surface area contributed by atoms with E-state index in [1.54, 1.807) is 33.1 Å². The molecule has 2 aromatic carbocycles. The van der Waals surface area contributed by atoms with Crippen LogP contribution in [0.15, 0.2) is 40.8 Å². The molecule has 0 saturated heterocycles. The van der Waals surface area contributed by atoms with E-state index in [0.717, 1.165) is 11.3 Å².